The molecule has 0 spiro atoms. The molecule has 2 heterocycles. The van der Waals surface area contributed by atoms with E-state index in [4.69, 9.17) is 4.74 Å². The van der Waals surface area contributed by atoms with Crippen molar-refractivity contribution in [3.63, 3.8) is 0 Å². The van der Waals surface area contributed by atoms with Crippen molar-refractivity contribution in [1.29, 1.82) is 0 Å². The Morgan fingerprint density at radius 1 is 1.53 bits per heavy atom. The maximum Gasteiger partial charge on any atom is 0.271 e. The molecule has 104 valence electrons. The largest absolute Gasteiger partial charge is 0.380 e. The van der Waals surface area contributed by atoms with Gasteiger partial charge in [0.25, 0.3) is 5.91 Å². The fraction of sp³-hybridized carbons (Fsp3) is 0.615. The number of carbonyl (C=O) groups excluding carboxylic acids is 1. The van der Waals surface area contributed by atoms with Gasteiger partial charge in [-0.3, -0.25) is 4.79 Å². The van der Waals surface area contributed by atoms with Crippen molar-refractivity contribution in [2.24, 2.45) is 0 Å². The molecular weight excluding hydrogens is 244 g/mol. The van der Waals surface area contributed by atoms with E-state index in [1.54, 1.807) is 13.2 Å². The van der Waals surface area contributed by atoms with Crippen molar-refractivity contribution in [2.45, 2.75) is 25.9 Å². The summed E-state index contributed by atoms with van der Waals surface area (Å²) in [5.74, 6) is 0.616. The normalized spacial score (nSPS) is 19.3. The molecule has 0 unspecified atom stereocenters. The first-order valence-corrected chi connectivity index (χ1v) is 6.64. The van der Waals surface area contributed by atoms with Crippen LogP contribution in [0.5, 0.6) is 0 Å². The van der Waals surface area contributed by atoms with Crippen LogP contribution >= 0.6 is 0 Å². The molecule has 0 bridgehead atoms. The van der Waals surface area contributed by atoms with Crippen LogP contribution in [-0.2, 0) is 4.74 Å². The van der Waals surface area contributed by atoms with E-state index in [9.17, 15) is 4.79 Å². The molecule has 1 aromatic heterocycles. The maximum absolute atomic E-state index is 11.6. The Morgan fingerprint density at radius 2 is 2.37 bits per heavy atom. The van der Waals surface area contributed by atoms with E-state index >= 15 is 0 Å². The molecule has 1 aliphatic rings. The molecule has 1 aromatic rings. The Labute approximate surface area is 113 Å². The van der Waals surface area contributed by atoms with Crippen molar-refractivity contribution in [3.8, 4) is 0 Å². The number of carbonyl (C=O) groups is 1. The summed E-state index contributed by atoms with van der Waals surface area (Å²) in [5.41, 5.74) is 0.353. The number of aromatic nitrogens is 2. The molecule has 0 saturated carbocycles. The third-order valence-electron chi connectivity index (χ3n) is 3.26. The van der Waals surface area contributed by atoms with Crippen LogP contribution in [0.25, 0.3) is 0 Å². The molecule has 1 N–H and O–H groups in total. The highest BCUT2D eigenvalue weighted by atomic mass is 16.5. The van der Waals surface area contributed by atoms with Gasteiger partial charge in [-0.1, -0.05) is 0 Å². The van der Waals surface area contributed by atoms with Crippen LogP contribution in [0.1, 0.15) is 30.3 Å². The number of nitrogens with one attached hydrogen (secondary N) is 1. The molecule has 19 heavy (non-hydrogen) atoms. The van der Waals surface area contributed by atoms with Crippen molar-refractivity contribution >= 4 is 11.7 Å². The van der Waals surface area contributed by atoms with Gasteiger partial charge in [0.15, 0.2) is 11.5 Å². The molecule has 6 nitrogen and oxygen atoms in total. The van der Waals surface area contributed by atoms with Crippen LogP contribution in [0.15, 0.2) is 12.1 Å². The zero-order chi connectivity index (χ0) is 13.7. The highest BCUT2D eigenvalue weighted by Gasteiger charge is 2.21. The molecule has 1 fully saturated rings. The number of hydrogen-bond acceptors (Lipinski definition) is 5. The lowest BCUT2D eigenvalue weighted by molar-refractivity contribution is 0.0890. The standard InChI is InChI=1S/C13H20N4O2/c1-3-14-13(18)11-6-7-12(16-15-11)17-8-4-5-10(9-17)19-2/h6-7,10H,3-5,8-9H2,1-2H3,(H,14,18)/t10-/m1/s1. The summed E-state index contributed by atoms with van der Waals surface area (Å²) in [5, 5.41) is 10.8. The van der Waals surface area contributed by atoms with E-state index in [0.717, 1.165) is 31.7 Å². The van der Waals surface area contributed by atoms with Crippen LogP contribution < -0.4 is 10.2 Å². The number of piperidine rings is 1. The highest BCUT2D eigenvalue weighted by Crippen LogP contribution is 2.18. The lowest BCUT2D eigenvalue weighted by Crippen LogP contribution is -2.39. The number of nitrogens with zero attached hydrogens (tertiary/aromatic N) is 3. The number of anilines is 1. The molecule has 1 aliphatic heterocycles. The zero-order valence-corrected chi connectivity index (χ0v) is 11.4. The molecular formula is C13H20N4O2. The van der Waals surface area contributed by atoms with Crippen LogP contribution in [0, 0.1) is 0 Å². The Kier molecular flexibility index (Phi) is 4.68. The molecule has 1 amide bonds. The van der Waals surface area contributed by atoms with Gasteiger partial charge in [-0.15, -0.1) is 10.2 Å². The number of amides is 1. The molecule has 6 heteroatoms. The van der Waals surface area contributed by atoms with E-state index in [1.165, 1.54) is 0 Å². The van der Waals surface area contributed by atoms with Gasteiger partial charge in [0.2, 0.25) is 0 Å². The van der Waals surface area contributed by atoms with E-state index in [1.807, 2.05) is 13.0 Å². The van der Waals surface area contributed by atoms with Crippen molar-refractivity contribution < 1.29 is 9.53 Å². The molecule has 0 radical (unpaired) electrons. The summed E-state index contributed by atoms with van der Waals surface area (Å²) >= 11 is 0. The number of rotatable bonds is 4. The monoisotopic (exact) mass is 264 g/mol. The van der Waals surface area contributed by atoms with Crippen LogP contribution in [0.4, 0.5) is 5.82 Å². The second-order valence-corrected chi connectivity index (χ2v) is 4.58. The molecule has 1 saturated heterocycles. The first kappa shape index (κ1) is 13.7. The average Bonchev–Trinajstić information content (AvgIpc) is 2.48. The second kappa shape index (κ2) is 6.47. The summed E-state index contributed by atoms with van der Waals surface area (Å²) in [6, 6.07) is 3.55. The predicted molar refractivity (Wildman–Crippen MR) is 72.3 cm³/mol. The molecule has 0 aromatic carbocycles. The fourth-order valence-electron chi connectivity index (χ4n) is 2.20. The van der Waals surface area contributed by atoms with Crippen molar-refractivity contribution in [2.75, 3.05) is 31.6 Å². The summed E-state index contributed by atoms with van der Waals surface area (Å²) in [7, 11) is 1.73. The Bertz CT molecular complexity index is 421. The Hall–Kier alpha value is -1.69. The fourth-order valence-corrected chi connectivity index (χ4v) is 2.20. The number of methoxy groups -OCH3 is 1. The smallest absolute Gasteiger partial charge is 0.271 e. The minimum absolute atomic E-state index is 0.185. The van der Waals surface area contributed by atoms with Crippen molar-refractivity contribution in [1.82, 2.24) is 15.5 Å². The van der Waals surface area contributed by atoms with E-state index in [-0.39, 0.29) is 12.0 Å². The number of ether oxygens (including phenoxy) is 1. The summed E-state index contributed by atoms with van der Waals surface area (Å²) in [4.78, 5) is 13.7. The average molecular weight is 264 g/mol. The van der Waals surface area contributed by atoms with Gasteiger partial charge >= 0.3 is 0 Å². The van der Waals surface area contributed by atoms with E-state index in [0.29, 0.717) is 12.2 Å². The quantitative estimate of drug-likeness (QED) is 0.873. The highest BCUT2D eigenvalue weighted by molar-refractivity contribution is 5.92. The first-order valence-electron chi connectivity index (χ1n) is 6.64. The summed E-state index contributed by atoms with van der Waals surface area (Å²) in [6.07, 6.45) is 2.41. The maximum atomic E-state index is 11.6. The van der Waals surface area contributed by atoms with Gasteiger partial charge < -0.3 is 15.0 Å². The van der Waals surface area contributed by atoms with Crippen LogP contribution in [-0.4, -0.2) is 49.0 Å². The van der Waals surface area contributed by atoms with Gasteiger partial charge in [0, 0.05) is 26.7 Å². The SMILES string of the molecule is CCNC(=O)c1ccc(N2CCC[C@@H](OC)C2)nn1. The Morgan fingerprint density at radius 3 is 3.00 bits per heavy atom. The molecule has 1 atom stereocenters. The molecule has 0 aliphatic carbocycles. The minimum Gasteiger partial charge on any atom is -0.380 e. The topological polar surface area (TPSA) is 67.4 Å². The summed E-state index contributed by atoms with van der Waals surface area (Å²) < 4.78 is 5.38. The minimum atomic E-state index is -0.185. The van der Waals surface area contributed by atoms with Crippen LogP contribution in [0.2, 0.25) is 0 Å². The third-order valence-corrected chi connectivity index (χ3v) is 3.26. The predicted octanol–water partition coefficient (Wildman–Crippen LogP) is 0.841. The zero-order valence-electron chi connectivity index (χ0n) is 11.4. The number of hydrogen-bond donors (Lipinski definition) is 1. The third kappa shape index (κ3) is 3.41. The van der Waals surface area contributed by atoms with Crippen molar-refractivity contribution in [3.05, 3.63) is 17.8 Å². The van der Waals surface area contributed by atoms with E-state index < -0.39 is 0 Å². The molecule has 2 rings (SSSR count). The van der Waals surface area contributed by atoms with Crippen LogP contribution in [0.3, 0.4) is 0 Å². The van der Waals surface area contributed by atoms with Gasteiger partial charge in [0.05, 0.1) is 6.10 Å². The lowest BCUT2D eigenvalue weighted by Gasteiger charge is -2.32. The van der Waals surface area contributed by atoms with Gasteiger partial charge in [-0.25, -0.2) is 0 Å². The Balaban J connectivity index is 2.03. The van der Waals surface area contributed by atoms with Gasteiger partial charge in [-0.05, 0) is 31.9 Å². The second-order valence-electron chi connectivity index (χ2n) is 4.58. The first-order chi connectivity index (χ1) is 9.24. The van der Waals surface area contributed by atoms with E-state index in [2.05, 4.69) is 20.4 Å². The summed E-state index contributed by atoms with van der Waals surface area (Å²) in [6.45, 7) is 4.24. The lowest BCUT2D eigenvalue weighted by atomic mass is 10.1. The van der Waals surface area contributed by atoms with Gasteiger partial charge in [0.1, 0.15) is 0 Å². The van der Waals surface area contributed by atoms with Gasteiger partial charge in [-0.2, -0.15) is 0 Å².